The van der Waals surface area contributed by atoms with Gasteiger partial charge in [0.2, 0.25) is 17.1 Å². The van der Waals surface area contributed by atoms with Crippen LogP contribution in [-0.2, 0) is 0 Å². The topological polar surface area (TPSA) is 427 Å². The molecule has 0 aliphatic heterocycles. The third-order valence-corrected chi connectivity index (χ3v) is 17.8. The Morgan fingerprint density at radius 3 is 0.700 bits per heavy atom. The van der Waals surface area contributed by atoms with Crippen molar-refractivity contribution < 1.29 is 0 Å². The van der Waals surface area contributed by atoms with Gasteiger partial charge in [-0.05, 0) is 95.6 Å². The fourth-order valence-electron chi connectivity index (χ4n) is 12.5. The fraction of sp³-hybridized carbons (Fsp3) is 0. The van der Waals surface area contributed by atoms with E-state index in [0.29, 0.717) is 33.4 Å². The largest absolute Gasteiger partial charge is 0.250 e. The fourth-order valence-corrected chi connectivity index (χ4v) is 12.5. The molecule has 8 aromatic carbocycles. The van der Waals surface area contributed by atoms with Crippen LogP contribution in [0, 0.1) is 166 Å². The second-order valence-electron chi connectivity index (χ2n) is 24.4. The van der Waals surface area contributed by atoms with Crippen molar-refractivity contribution in [1.29, 1.82) is 52.6 Å². The third-order valence-electron chi connectivity index (χ3n) is 17.8. The molecule has 0 saturated heterocycles. The molecule has 6 heterocycles. The van der Waals surface area contributed by atoms with Crippen LogP contribution in [0.1, 0.15) is 73.1 Å². The second-order valence-corrected chi connectivity index (χ2v) is 24.4. The smallest absolute Gasteiger partial charge is 0.205 e. The Kier molecular flexibility index (Phi) is 21.8. The lowest BCUT2D eigenvalue weighted by Gasteiger charge is -2.18. The summed E-state index contributed by atoms with van der Waals surface area (Å²) in [5, 5.41) is 97.8. The maximum atomic E-state index is 10.2. The number of nitriles is 10. The van der Waals surface area contributed by atoms with Gasteiger partial charge in [-0.2, -0.15) is 52.6 Å². The maximum absolute atomic E-state index is 10.2. The first-order chi connectivity index (χ1) is 58.7. The zero-order valence-electron chi connectivity index (χ0n) is 60.7. The first-order valence-electron chi connectivity index (χ1n) is 34.1. The van der Waals surface area contributed by atoms with Crippen molar-refractivity contribution in [3.8, 4) is 128 Å². The van der Waals surface area contributed by atoms with Gasteiger partial charge in [0.05, 0.1) is 196 Å². The van der Waals surface area contributed by atoms with Crippen LogP contribution in [0.5, 0.6) is 0 Å². The van der Waals surface area contributed by atoms with Crippen molar-refractivity contribution in [2.45, 2.75) is 0 Å². The molecule has 30 nitrogen and oxygen atoms in total. The minimum absolute atomic E-state index is 0.00439. The van der Waals surface area contributed by atoms with Gasteiger partial charge in [-0.15, -0.1) is 0 Å². The molecule has 14 rings (SSSR count). The molecule has 0 unspecified atom stereocenters. The number of hydrogen-bond acceptors (Lipinski definition) is 22. The molecule has 0 radical (unpaired) electrons. The van der Waals surface area contributed by atoms with Crippen LogP contribution < -0.4 is 0 Å². The van der Waals surface area contributed by atoms with Gasteiger partial charge in [0.15, 0.2) is 30.0 Å². The number of nitrogens with zero attached hydrogens (tertiary/aromatic N) is 30. The van der Waals surface area contributed by atoms with E-state index in [1.165, 1.54) is 146 Å². The highest BCUT2D eigenvalue weighted by atomic mass is 15.0. The van der Waals surface area contributed by atoms with Gasteiger partial charge in [0.1, 0.15) is 90.5 Å². The zero-order valence-corrected chi connectivity index (χ0v) is 60.7. The number of rotatable bonds is 12. The SMILES string of the molecule is [C-]#[N+]/C=C/c1nc2c(nc1/C=C/C#N)c1nc(/C=C/C#N)c(/C=C/C#N)nc1c1nc(/C=C/[N+]#[C-])c(/C=C/[N+]#[C-])nc21.[C-]#[N+]c1ccc(-c2nc3c4nc(-c5ccc(C#N)c([N+]#[C-])c5)c(-c5ccc(C#N)c(C#N)c5)nc4c4nc(-c5ccc(C#N)c(C#N)c5)c(-c5ccc(C#N)c([N+]#[C-])c5)nc4c3nc2-c2ccc([N+]#[C-])c([N+]#[C-])c2)cc1C#N. The lowest BCUT2D eigenvalue weighted by molar-refractivity contribution is 1.19. The Morgan fingerprint density at radius 2 is 0.442 bits per heavy atom. The number of hydrogen-bond donors (Lipinski definition) is 0. The molecule has 0 amide bonds. The molecule has 0 atom stereocenters. The summed E-state index contributed by atoms with van der Waals surface area (Å²) in [4.78, 5) is 87.5. The van der Waals surface area contributed by atoms with E-state index in [1.807, 2.05) is 42.5 Å². The summed E-state index contributed by atoms with van der Waals surface area (Å²) in [5.74, 6) is 0. The van der Waals surface area contributed by atoms with Crippen molar-refractivity contribution >= 4 is 131 Å². The summed E-state index contributed by atoms with van der Waals surface area (Å²) in [6, 6.07) is 46.9. The maximum Gasteiger partial charge on any atom is 0.205 e. The van der Waals surface area contributed by atoms with E-state index in [9.17, 15) is 36.8 Å². The van der Waals surface area contributed by atoms with Gasteiger partial charge in [0.25, 0.3) is 0 Å². The summed E-state index contributed by atoms with van der Waals surface area (Å²) in [6.07, 6.45) is 15.9. The standard InChI is InChI=1S/C60H18N18.C30H12N12/c1-68-44-16-14-33(20-43(44)30-67)51-54(36-15-17-45(69-2)48(23-36)72-5)78-60-57(75-51)58-55(73-49(31-6-10-37(24-61)41(18-31)28-65)52(76-58)34-8-12-39(26-63)46(21-34)70-3)56-59(60)77-53(35-9-13-40(27-64)47(22-35)71-4)50(74-56)32-7-11-38(25-62)42(19-32)29-66;1-34-16-10-22-21(9-6-15-33)39-27-25-26(38-20(8-5-14-32)19(37-25)7-4-13-31)29-30(28(27)40-22)42-24(12-18-36-3)23(41-29)11-17-35-2/h6-23H;4-12,16-18H/b;7-4+,8-5+,9-6+,16-10+,17-11+,18-12+. The molecule has 30 heteroatoms. The molecule has 0 bridgehead atoms. The monoisotopic (exact) mass is 1530 g/mol. The number of benzene rings is 8. The molecule has 0 N–H and O–H groups in total. The second kappa shape index (κ2) is 33.9. The average Bonchev–Trinajstić information content (AvgIpc) is 0.687. The average molecular weight is 1530 g/mol. The first kappa shape index (κ1) is 77.2. The summed E-state index contributed by atoms with van der Waals surface area (Å²) in [7, 11) is 0. The molecule has 120 heavy (non-hydrogen) atoms. The van der Waals surface area contributed by atoms with Crippen molar-refractivity contribution in [1.82, 2.24) is 59.8 Å². The Labute approximate surface area is 678 Å². The quantitative estimate of drug-likeness (QED) is 0.0622. The van der Waals surface area contributed by atoms with Crippen LogP contribution in [0.25, 0.3) is 209 Å². The van der Waals surface area contributed by atoms with Crippen LogP contribution in [-0.4, -0.2) is 59.8 Å². The van der Waals surface area contributed by atoms with Crippen LogP contribution >= 0.6 is 0 Å². The molecule has 6 aromatic heterocycles. The Bertz CT molecular complexity index is 6770. The Balaban J connectivity index is 0.000000250. The predicted octanol–water partition coefficient (Wildman–Crippen LogP) is 19.2. The first-order valence-corrected chi connectivity index (χ1v) is 34.1. The van der Waals surface area contributed by atoms with Gasteiger partial charge in [-0.1, -0.05) is 66.7 Å². The molecule has 14 aromatic rings. The van der Waals surface area contributed by atoms with Crippen LogP contribution in [0.2, 0.25) is 0 Å². The van der Waals surface area contributed by atoms with Crippen molar-refractivity contribution in [3.63, 3.8) is 0 Å². The molecular weight excluding hydrogens is 1500 g/mol. The molecular formula is C90H30N30. The lowest BCUT2D eigenvalue weighted by Crippen LogP contribution is -2.05. The van der Waals surface area contributed by atoms with Gasteiger partial charge in [0, 0.05) is 34.9 Å². The zero-order chi connectivity index (χ0) is 84.7. The van der Waals surface area contributed by atoms with Crippen LogP contribution in [0.15, 0.2) is 146 Å². The molecule has 540 valence electrons. The highest BCUT2D eigenvalue weighted by Gasteiger charge is 2.29. The summed E-state index contributed by atoms with van der Waals surface area (Å²) >= 11 is 0. The van der Waals surface area contributed by atoms with E-state index < -0.39 is 0 Å². The van der Waals surface area contributed by atoms with Crippen molar-refractivity contribution in [3.05, 3.63) is 310 Å². The minimum atomic E-state index is -0.0129. The van der Waals surface area contributed by atoms with Gasteiger partial charge < -0.3 is 0 Å². The number of aromatic nitrogens is 12. The normalized spacial score (nSPS) is 10.7. The van der Waals surface area contributed by atoms with Gasteiger partial charge in [-0.3, -0.25) is 9.69 Å². The van der Waals surface area contributed by atoms with Crippen molar-refractivity contribution in [2.24, 2.45) is 0 Å². The minimum Gasteiger partial charge on any atom is -0.250 e. The van der Waals surface area contributed by atoms with Gasteiger partial charge >= 0.3 is 0 Å². The van der Waals surface area contributed by atoms with Crippen LogP contribution in [0.4, 0.5) is 28.4 Å². The summed E-state index contributed by atoms with van der Waals surface area (Å²) in [6.45, 7) is 60.8. The highest BCUT2D eigenvalue weighted by molar-refractivity contribution is 6.21. The molecule has 0 fully saturated rings. The number of allylic oxidation sites excluding steroid dienone is 3. The molecule has 0 spiro atoms. The van der Waals surface area contributed by atoms with E-state index in [1.54, 1.807) is 36.4 Å². The highest BCUT2D eigenvalue weighted by Crippen LogP contribution is 2.45. The molecule has 0 aliphatic carbocycles. The Hall–Kier alpha value is -20.9. The summed E-state index contributed by atoms with van der Waals surface area (Å²) in [5.41, 5.74) is 6.14. The summed E-state index contributed by atoms with van der Waals surface area (Å²) < 4.78 is 0. The lowest BCUT2D eigenvalue weighted by atomic mass is 9.97. The molecule has 0 saturated carbocycles. The van der Waals surface area contributed by atoms with E-state index in [0.717, 1.165) is 0 Å². The van der Waals surface area contributed by atoms with E-state index >= 15 is 0 Å². The van der Waals surface area contributed by atoms with E-state index in [-0.39, 0.29) is 202 Å². The van der Waals surface area contributed by atoms with Crippen molar-refractivity contribution in [2.75, 3.05) is 0 Å². The third kappa shape index (κ3) is 14.4. The predicted molar refractivity (Wildman–Crippen MR) is 439 cm³/mol. The van der Waals surface area contributed by atoms with Gasteiger partial charge in [-0.25, -0.2) is 88.9 Å². The molecule has 0 aliphatic rings. The van der Waals surface area contributed by atoms with E-state index in [4.69, 9.17) is 128 Å². The van der Waals surface area contributed by atoms with Crippen LogP contribution in [0.3, 0.4) is 0 Å². The number of fused-ring (bicyclic) bond motifs is 12. The Morgan fingerprint density at radius 1 is 0.217 bits per heavy atom. The van der Waals surface area contributed by atoms with E-state index in [2.05, 4.69) is 57.0 Å².